The number of benzene rings is 1. The SMILES string of the molecule is C[C@@H]1c2ccccc2CCN1C(=O)c1cc(C2CC2)n2nc(-c3ccc(C4CC4C(=O)O)nc3F)cc2n1. The van der Waals surface area contributed by atoms with Crippen LogP contribution in [0.4, 0.5) is 4.39 Å². The second-order valence-corrected chi connectivity index (χ2v) is 10.6. The molecular weight excluding hydrogens is 485 g/mol. The zero-order chi connectivity index (χ0) is 26.1. The molecule has 8 nitrogen and oxygen atoms in total. The van der Waals surface area contributed by atoms with E-state index in [1.54, 1.807) is 22.7 Å². The summed E-state index contributed by atoms with van der Waals surface area (Å²) < 4.78 is 16.8. The highest BCUT2D eigenvalue weighted by Crippen LogP contribution is 2.47. The number of hydrogen-bond acceptors (Lipinski definition) is 5. The van der Waals surface area contributed by atoms with Gasteiger partial charge in [-0.25, -0.2) is 14.5 Å². The van der Waals surface area contributed by atoms with Crippen LogP contribution in [-0.2, 0) is 11.2 Å². The highest BCUT2D eigenvalue weighted by molar-refractivity contribution is 5.93. The van der Waals surface area contributed by atoms with Crippen LogP contribution < -0.4 is 0 Å². The van der Waals surface area contributed by atoms with Crippen LogP contribution >= 0.6 is 0 Å². The van der Waals surface area contributed by atoms with Crippen LogP contribution in [0.25, 0.3) is 16.9 Å². The number of nitrogens with zero attached hydrogens (tertiary/aromatic N) is 5. The number of carboxylic acid groups (broad SMARTS) is 1. The van der Waals surface area contributed by atoms with Crippen LogP contribution in [0.1, 0.15) is 77.1 Å². The Bertz CT molecular complexity index is 1630. The molecule has 4 aromatic rings. The standard InChI is InChI=1S/C29H26FN5O3/c1-15-18-5-3-2-4-16(18)10-11-34(15)28(36)24-13-25(17-6-7-17)35-26(31-24)14-23(33-35)19-8-9-22(32-27(19)30)20-12-21(20)29(37)38/h2-5,8-9,13-15,17,20-21H,6-7,10-12H2,1H3,(H,37,38)/t15-,20?,21?/m1/s1. The average molecular weight is 512 g/mol. The van der Waals surface area contributed by atoms with E-state index in [4.69, 9.17) is 0 Å². The lowest BCUT2D eigenvalue weighted by Crippen LogP contribution is -2.39. The number of amides is 1. The van der Waals surface area contributed by atoms with Crippen LogP contribution in [0.5, 0.6) is 0 Å². The lowest BCUT2D eigenvalue weighted by atomic mass is 9.93. The molecule has 1 aliphatic heterocycles. The molecule has 1 N–H and O–H groups in total. The van der Waals surface area contributed by atoms with Gasteiger partial charge in [-0.05, 0) is 61.9 Å². The van der Waals surface area contributed by atoms with Crippen LogP contribution in [-0.4, -0.2) is 48.0 Å². The van der Waals surface area contributed by atoms with E-state index in [1.807, 2.05) is 30.0 Å². The predicted molar refractivity (Wildman–Crippen MR) is 136 cm³/mol. The molecule has 0 bridgehead atoms. The number of carbonyl (C=O) groups is 2. The normalized spacial score (nSPS) is 22.4. The summed E-state index contributed by atoms with van der Waals surface area (Å²) in [5, 5.41) is 13.8. The molecular formula is C29H26FN5O3. The van der Waals surface area contributed by atoms with Crippen molar-refractivity contribution in [2.45, 2.75) is 50.5 Å². The van der Waals surface area contributed by atoms with E-state index >= 15 is 4.39 Å². The van der Waals surface area contributed by atoms with Crippen molar-refractivity contribution in [2.24, 2.45) is 5.92 Å². The molecule has 0 radical (unpaired) electrons. The summed E-state index contributed by atoms with van der Waals surface area (Å²) in [6.07, 6.45) is 3.29. The second-order valence-electron chi connectivity index (χ2n) is 10.6. The minimum atomic E-state index is -0.881. The van der Waals surface area contributed by atoms with E-state index in [0.29, 0.717) is 35.7 Å². The van der Waals surface area contributed by atoms with Gasteiger partial charge < -0.3 is 10.0 Å². The molecule has 2 unspecified atom stereocenters. The molecule has 1 amide bonds. The van der Waals surface area contributed by atoms with Crippen molar-refractivity contribution in [3.63, 3.8) is 0 Å². The Hall–Kier alpha value is -4.14. The molecule has 38 heavy (non-hydrogen) atoms. The van der Waals surface area contributed by atoms with Gasteiger partial charge in [0.2, 0.25) is 5.95 Å². The smallest absolute Gasteiger partial charge is 0.307 e. The van der Waals surface area contributed by atoms with E-state index in [-0.39, 0.29) is 29.3 Å². The number of carbonyl (C=O) groups excluding carboxylic acids is 1. The van der Waals surface area contributed by atoms with Crippen molar-refractivity contribution in [1.29, 1.82) is 0 Å². The van der Waals surface area contributed by atoms with Crippen molar-refractivity contribution < 1.29 is 19.1 Å². The largest absolute Gasteiger partial charge is 0.481 e. The van der Waals surface area contributed by atoms with Gasteiger partial charge in [0, 0.05) is 35.8 Å². The molecule has 3 aliphatic rings. The Morgan fingerprint density at radius 3 is 2.63 bits per heavy atom. The lowest BCUT2D eigenvalue weighted by Gasteiger charge is -2.35. The Morgan fingerprint density at radius 1 is 1.08 bits per heavy atom. The summed E-state index contributed by atoms with van der Waals surface area (Å²) in [5.74, 6) is -2.15. The third kappa shape index (κ3) is 3.76. The van der Waals surface area contributed by atoms with Gasteiger partial charge in [-0.15, -0.1) is 0 Å². The van der Waals surface area contributed by atoms with Gasteiger partial charge >= 0.3 is 5.97 Å². The molecule has 0 spiro atoms. The highest BCUT2D eigenvalue weighted by atomic mass is 19.1. The average Bonchev–Trinajstić information content (AvgIpc) is 3.84. The second kappa shape index (κ2) is 8.44. The van der Waals surface area contributed by atoms with E-state index in [9.17, 15) is 14.7 Å². The number of aromatic nitrogens is 4. The molecule has 7 rings (SSSR count). The fourth-order valence-electron chi connectivity index (χ4n) is 5.75. The van der Waals surface area contributed by atoms with Crippen molar-refractivity contribution in [2.75, 3.05) is 6.54 Å². The van der Waals surface area contributed by atoms with Crippen molar-refractivity contribution in [3.8, 4) is 11.3 Å². The summed E-state index contributed by atoms with van der Waals surface area (Å²) in [6.45, 7) is 2.67. The molecule has 3 atom stereocenters. The Morgan fingerprint density at radius 2 is 1.89 bits per heavy atom. The van der Waals surface area contributed by atoms with Gasteiger partial charge in [0.25, 0.3) is 5.91 Å². The number of fused-ring (bicyclic) bond motifs is 2. The van der Waals surface area contributed by atoms with E-state index in [1.165, 1.54) is 5.56 Å². The van der Waals surface area contributed by atoms with Crippen molar-refractivity contribution in [3.05, 3.63) is 82.7 Å². The summed E-state index contributed by atoms with van der Waals surface area (Å²) in [6, 6.07) is 15.0. The number of aliphatic carboxylic acids is 1. The zero-order valence-corrected chi connectivity index (χ0v) is 20.8. The molecule has 2 aliphatic carbocycles. The maximum Gasteiger partial charge on any atom is 0.307 e. The van der Waals surface area contributed by atoms with Gasteiger partial charge in [0.15, 0.2) is 5.65 Å². The molecule has 4 heterocycles. The number of hydrogen-bond donors (Lipinski definition) is 1. The monoisotopic (exact) mass is 511 g/mol. The minimum absolute atomic E-state index is 0.0544. The summed E-state index contributed by atoms with van der Waals surface area (Å²) in [4.78, 5) is 35.5. The predicted octanol–water partition coefficient (Wildman–Crippen LogP) is 4.76. The molecule has 9 heteroatoms. The zero-order valence-electron chi connectivity index (χ0n) is 20.8. The number of pyridine rings is 1. The summed E-state index contributed by atoms with van der Waals surface area (Å²) in [5.41, 5.74) is 5.26. The number of rotatable bonds is 5. The first-order valence-electron chi connectivity index (χ1n) is 13.1. The molecule has 0 saturated heterocycles. The van der Waals surface area contributed by atoms with Crippen molar-refractivity contribution in [1.82, 2.24) is 24.5 Å². The van der Waals surface area contributed by atoms with Crippen LogP contribution in [0, 0.1) is 11.9 Å². The number of carboxylic acids is 1. The quantitative estimate of drug-likeness (QED) is 0.388. The van der Waals surface area contributed by atoms with Crippen LogP contribution in [0.3, 0.4) is 0 Å². The van der Waals surface area contributed by atoms with Gasteiger partial charge in [0.05, 0.1) is 23.2 Å². The van der Waals surface area contributed by atoms with Gasteiger partial charge in [-0.1, -0.05) is 24.3 Å². The van der Waals surface area contributed by atoms with Gasteiger partial charge in [-0.2, -0.15) is 9.49 Å². The van der Waals surface area contributed by atoms with Crippen molar-refractivity contribution >= 4 is 17.5 Å². The maximum atomic E-state index is 15.1. The Balaban J connectivity index is 1.23. The lowest BCUT2D eigenvalue weighted by molar-refractivity contribution is -0.138. The molecule has 192 valence electrons. The molecule has 2 saturated carbocycles. The first-order chi connectivity index (χ1) is 18.4. The fraction of sp³-hybridized carbons (Fsp3) is 0.345. The molecule has 3 aromatic heterocycles. The first kappa shape index (κ1) is 23.0. The van der Waals surface area contributed by atoms with Gasteiger partial charge in [0.1, 0.15) is 5.69 Å². The van der Waals surface area contributed by atoms with Gasteiger partial charge in [-0.3, -0.25) is 9.59 Å². The Kier molecular flexibility index (Phi) is 5.11. The fourth-order valence-corrected chi connectivity index (χ4v) is 5.75. The maximum absolute atomic E-state index is 15.1. The minimum Gasteiger partial charge on any atom is -0.481 e. The summed E-state index contributed by atoms with van der Waals surface area (Å²) >= 11 is 0. The topological polar surface area (TPSA) is 101 Å². The van der Waals surface area contributed by atoms with E-state index in [0.717, 1.165) is 30.5 Å². The third-order valence-electron chi connectivity index (χ3n) is 8.16. The molecule has 1 aromatic carbocycles. The van der Waals surface area contributed by atoms with Crippen LogP contribution in [0.2, 0.25) is 0 Å². The number of halogens is 1. The molecule has 2 fully saturated rings. The van der Waals surface area contributed by atoms with E-state index < -0.39 is 17.8 Å². The van der Waals surface area contributed by atoms with Crippen LogP contribution in [0.15, 0.2) is 48.5 Å². The third-order valence-corrected chi connectivity index (χ3v) is 8.16. The summed E-state index contributed by atoms with van der Waals surface area (Å²) in [7, 11) is 0. The van der Waals surface area contributed by atoms with E-state index in [2.05, 4.69) is 27.2 Å². The first-order valence-corrected chi connectivity index (χ1v) is 13.1. The highest BCUT2D eigenvalue weighted by Gasteiger charge is 2.45. The Labute approximate surface area is 218 Å².